The van der Waals surface area contributed by atoms with E-state index in [9.17, 15) is 48.1 Å². The van der Waals surface area contributed by atoms with Gasteiger partial charge >= 0.3 is 162 Å². The molecule has 3 N–H and O–H groups in total. The molecule has 0 aromatic rings. The first-order chi connectivity index (χ1) is 10.0. The predicted octanol–water partition coefficient (Wildman–Crippen LogP) is -21.2. The van der Waals surface area contributed by atoms with Crippen LogP contribution in [-0.2, 0) is 31.8 Å². The molecule has 0 rings (SSSR count). The molecule has 23 heteroatoms. The number of hydrogen-bond acceptors (Lipinski definition) is 15. The van der Waals surface area contributed by atoms with E-state index in [1.807, 2.05) is 0 Å². The number of carbonyl (C=O) groups excluding carboxylic acids is 1. The molecule has 0 saturated heterocycles. The van der Waals surface area contributed by atoms with Crippen LogP contribution in [-0.4, -0.2) is 46.2 Å². The van der Waals surface area contributed by atoms with Crippen molar-refractivity contribution < 1.29 is 219 Å². The van der Waals surface area contributed by atoms with Crippen LogP contribution in [0.3, 0.4) is 0 Å². The Kier molecular flexibility index (Phi) is 33.0. The van der Waals surface area contributed by atoms with Gasteiger partial charge in [0.1, 0.15) is 12.2 Å². The van der Waals surface area contributed by atoms with Gasteiger partial charge in [-0.2, -0.15) is 0 Å². The monoisotopic (exact) mass is 516 g/mol. The second-order valence-corrected chi connectivity index (χ2v) is 7.41. The molecule has 28 heavy (non-hydrogen) atoms. The minimum atomic E-state index is -6.11. The summed E-state index contributed by atoms with van der Waals surface area (Å²) < 4.78 is 40.7. The summed E-state index contributed by atoms with van der Waals surface area (Å²) >= 11 is 0. The van der Waals surface area contributed by atoms with E-state index >= 15 is 0 Å². The molecule has 1 unspecified atom stereocenters. The summed E-state index contributed by atoms with van der Waals surface area (Å²) in [5.41, 5.74) is 0. The maximum absolute atomic E-state index is 11.1. The van der Waals surface area contributed by atoms with Crippen molar-refractivity contribution >= 4 is 29.4 Å². The molecule has 0 spiro atoms. The molecule has 0 aromatic heterocycles. The van der Waals surface area contributed by atoms with Crippen LogP contribution in [0.5, 0.6) is 0 Å². The van der Waals surface area contributed by atoms with Crippen molar-refractivity contribution in [1.29, 1.82) is 0 Å². The summed E-state index contributed by atoms with van der Waals surface area (Å²) in [6.07, 6.45) is -7.85. The third kappa shape index (κ3) is 23.9. The number of carbonyl (C=O) groups is 1. The van der Waals surface area contributed by atoms with Gasteiger partial charge in [0.2, 0.25) is 0 Å². The van der Waals surface area contributed by atoms with Gasteiger partial charge in [0.15, 0.2) is 6.10 Å². The second kappa shape index (κ2) is 20.0. The topological polar surface area (TPSA) is 272 Å². The fraction of sp³-hybridized carbons (Fsp3) is 0.800. The third-order valence-corrected chi connectivity index (χ3v) is 4.23. The van der Waals surface area contributed by atoms with Gasteiger partial charge in [-0.1, -0.05) is 0 Å². The molecule has 0 saturated carbocycles. The molecule has 0 aliphatic carbocycles. The van der Waals surface area contributed by atoms with Gasteiger partial charge in [-0.05, 0) is 0 Å². The van der Waals surface area contributed by atoms with Crippen molar-refractivity contribution in [1.82, 2.24) is 0 Å². The van der Waals surface area contributed by atoms with Gasteiger partial charge in [-0.15, -0.1) is 0 Å². The van der Waals surface area contributed by atoms with E-state index in [0.29, 0.717) is 0 Å². The zero-order chi connectivity index (χ0) is 18.6. The molecule has 0 radical (unpaired) electrons. The Morgan fingerprint density at radius 2 is 1.21 bits per heavy atom. The van der Waals surface area contributed by atoms with Crippen molar-refractivity contribution in [3.8, 4) is 0 Å². The minimum Gasteiger partial charge on any atom is -0.790 e. The van der Waals surface area contributed by atoms with E-state index in [0.717, 1.165) is 0 Å². The SMILES string of the molecule is O=C(OP(=O)([O-])OP(=O)([O-])[O-])[C@H](O)[C@H](O)[C@H](O)COP(=O)([O-])[O-].[Na+].[Na+].[Na+].[Na+].[Na+]. The van der Waals surface area contributed by atoms with Gasteiger partial charge in [0.05, 0.1) is 22.3 Å². The van der Waals surface area contributed by atoms with E-state index in [-0.39, 0.29) is 148 Å². The average molecular weight is 516 g/mol. The van der Waals surface area contributed by atoms with Crippen LogP contribution < -0.4 is 172 Å². The fourth-order valence-electron chi connectivity index (χ4n) is 0.919. The molecule has 0 aliphatic heterocycles. The number of aliphatic hydroxyl groups is 3. The number of hydrogen-bond donors (Lipinski definition) is 3. The molecule has 15 nitrogen and oxygen atoms in total. The van der Waals surface area contributed by atoms with Crippen LogP contribution in [0, 0.1) is 0 Å². The summed E-state index contributed by atoms with van der Waals surface area (Å²) in [4.78, 5) is 62.2. The maximum atomic E-state index is 11.1. The summed E-state index contributed by atoms with van der Waals surface area (Å²) in [5, 5.41) is 27.5. The van der Waals surface area contributed by atoms with Crippen LogP contribution in [0.25, 0.3) is 0 Å². The number of aliphatic hydroxyl groups excluding tert-OH is 3. The zero-order valence-corrected chi connectivity index (χ0v) is 28.2. The fourth-order valence-corrected chi connectivity index (χ4v) is 2.70. The number of rotatable bonds is 9. The Bertz CT molecular complexity index is 564. The standard InChI is InChI=1S/C5H13O15P3.5Na/c6-2(1-18-21(10,11)12)3(7)4(8)5(9)19-23(16,17)20-22(13,14)15;;;;;/h2-4,6-8H,1H2,(H,16,17)(H2,10,11,12)(H2,13,14,15);;;;;/q;5*+1/p-5/t2-,3-,4-;;;;;/m1...../s1. The summed E-state index contributed by atoms with van der Waals surface area (Å²) in [6, 6.07) is 0. The molecule has 0 amide bonds. The number of phosphoric acid groups is 3. The third-order valence-electron chi connectivity index (χ3n) is 1.76. The number of phosphoric ester groups is 2. The van der Waals surface area contributed by atoms with Crippen LogP contribution >= 0.6 is 23.5 Å². The summed E-state index contributed by atoms with van der Waals surface area (Å²) in [5.74, 6) is -2.28. The van der Waals surface area contributed by atoms with E-state index in [4.69, 9.17) is 10.2 Å². The normalized spacial score (nSPS) is 16.0. The van der Waals surface area contributed by atoms with Crippen LogP contribution in [0.1, 0.15) is 0 Å². The molecule has 0 aliphatic rings. The molecule has 138 valence electrons. The van der Waals surface area contributed by atoms with E-state index in [1.165, 1.54) is 0 Å². The van der Waals surface area contributed by atoms with Crippen molar-refractivity contribution in [2.24, 2.45) is 0 Å². The van der Waals surface area contributed by atoms with Crippen molar-refractivity contribution in [2.45, 2.75) is 18.3 Å². The summed E-state index contributed by atoms with van der Waals surface area (Å²) in [6.45, 7) is -1.41. The zero-order valence-electron chi connectivity index (χ0n) is 15.5. The van der Waals surface area contributed by atoms with Gasteiger partial charge in [0.25, 0.3) is 0 Å². The maximum Gasteiger partial charge on any atom is 1.00 e. The molecule has 0 fully saturated rings. The minimum absolute atomic E-state index is 0. The van der Waals surface area contributed by atoms with E-state index in [1.54, 1.807) is 0 Å². The average Bonchev–Trinajstić information content (AvgIpc) is 2.29. The van der Waals surface area contributed by atoms with Crippen molar-refractivity contribution in [3.05, 3.63) is 0 Å². The van der Waals surface area contributed by atoms with Crippen LogP contribution in [0.15, 0.2) is 0 Å². The summed E-state index contributed by atoms with van der Waals surface area (Å²) in [7, 11) is -17.7. The first-order valence-corrected chi connectivity index (χ1v) is 9.41. The molecular formula is C5H8Na5O15P3. The quantitative estimate of drug-likeness (QED) is 0.190. The van der Waals surface area contributed by atoms with Gasteiger partial charge < -0.3 is 58.0 Å². The predicted molar refractivity (Wildman–Crippen MR) is 54.0 cm³/mol. The Balaban J connectivity index is -0.000000242. The van der Waals surface area contributed by atoms with Gasteiger partial charge in [-0.25, -0.2) is 4.79 Å². The van der Waals surface area contributed by atoms with Gasteiger partial charge in [0, 0.05) is 0 Å². The molecule has 0 bridgehead atoms. The Morgan fingerprint density at radius 3 is 1.54 bits per heavy atom. The Labute approximate surface area is 269 Å². The molecule has 0 heterocycles. The smallest absolute Gasteiger partial charge is 0.790 e. The second-order valence-electron chi connectivity index (χ2n) is 3.63. The largest absolute Gasteiger partial charge is 1.00 e. The molecular weight excluding hydrogens is 508 g/mol. The first-order valence-electron chi connectivity index (χ1n) is 5.03. The van der Waals surface area contributed by atoms with Crippen LogP contribution in [0.2, 0.25) is 0 Å². The Morgan fingerprint density at radius 1 is 0.821 bits per heavy atom. The van der Waals surface area contributed by atoms with E-state index in [2.05, 4.69) is 13.4 Å². The first kappa shape index (κ1) is 46.1. The van der Waals surface area contributed by atoms with E-state index < -0.39 is 54.4 Å². The molecule has 0 aromatic carbocycles. The van der Waals surface area contributed by atoms with Crippen molar-refractivity contribution in [2.75, 3.05) is 6.61 Å². The van der Waals surface area contributed by atoms with Crippen molar-refractivity contribution in [3.63, 3.8) is 0 Å². The molecule has 4 atom stereocenters. The Hall–Kier alpha value is 4.76. The van der Waals surface area contributed by atoms with Gasteiger partial charge in [-0.3, -0.25) is 8.88 Å². The van der Waals surface area contributed by atoms with Crippen LogP contribution in [0.4, 0.5) is 0 Å².